The molecular weight excluding hydrogens is 267 g/mol. The van der Waals surface area contributed by atoms with E-state index in [4.69, 9.17) is 4.74 Å². The van der Waals surface area contributed by atoms with Gasteiger partial charge < -0.3 is 10.1 Å². The molecule has 2 rings (SSSR count). The van der Waals surface area contributed by atoms with Crippen LogP contribution in [0.1, 0.15) is 29.3 Å². The molecule has 0 aliphatic carbocycles. The summed E-state index contributed by atoms with van der Waals surface area (Å²) in [5.74, 6) is 0.305. The zero-order chi connectivity index (χ0) is 15.4. The lowest BCUT2D eigenvalue weighted by atomic mass is 10.1. The Morgan fingerprint density at radius 3 is 2.67 bits per heavy atom. The second kappa shape index (κ2) is 6.68. The van der Waals surface area contributed by atoms with E-state index < -0.39 is 0 Å². The van der Waals surface area contributed by atoms with Crippen molar-refractivity contribution < 1.29 is 9.13 Å². The maximum absolute atomic E-state index is 13.9. The van der Waals surface area contributed by atoms with Gasteiger partial charge in [0.15, 0.2) is 11.6 Å². The zero-order valence-corrected chi connectivity index (χ0v) is 13.0. The number of ether oxygens (including phenoxy) is 1. The van der Waals surface area contributed by atoms with Crippen molar-refractivity contribution in [3.8, 4) is 11.6 Å². The van der Waals surface area contributed by atoms with Crippen molar-refractivity contribution in [2.45, 2.75) is 34.2 Å². The summed E-state index contributed by atoms with van der Waals surface area (Å²) in [6.07, 6.45) is 0. The van der Waals surface area contributed by atoms with Gasteiger partial charge in [-0.3, -0.25) is 0 Å². The van der Waals surface area contributed by atoms with Crippen LogP contribution < -0.4 is 10.1 Å². The number of aromatic nitrogens is 1. The van der Waals surface area contributed by atoms with E-state index in [2.05, 4.69) is 10.3 Å². The molecule has 0 spiro atoms. The van der Waals surface area contributed by atoms with E-state index in [0.29, 0.717) is 12.4 Å². The number of aryl methyl sites for hydroxylation is 3. The molecule has 1 aromatic heterocycles. The number of benzene rings is 1. The number of pyridine rings is 1. The number of rotatable bonds is 5. The SMILES string of the molecule is CCNCc1c(C)cc(C)nc1Oc1cc(C)ccc1F. The number of hydrogen-bond donors (Lipinski definition) is 1. The summed E-state index contributed by atoms with van der Waals surface area (Å²) in [4.78, 5) is 4.42. The molecule has 0 aliphatic rings. The Balaban J connectivity index is 2.40. The lowest BCUT2D eigenvalue weighted by molar-refractivity contribution is 0.419. The normalized spacial score (nSPS) is 10.7. The van der Waals surface area contributed by atoms with Gasteiger partial charge >= 0.3 is 0 Å². The molecule has 0 fully saturated rings. The molecule has 2 aromatic rings. The van der Waals surface area contributed by atoms with Crippen molar-refractivity contribution >= 4 is 0 Å². The predicted molar refractivity (Wildman–Crippen MR) is 82.3 cm³/mol. The zero-order valence-electron chi connectivity index (χ0n) is 13.0. The van der Waals surface area contributed by atoms with Crippen LogP contribution in [-0.4, -0.2) is 11.5 Å². The molecule has 1 N–H and O–H groups in total. The maximum Gasteiger partial charge on any atom is 0.224 e. The fraction of sp³-hybridized carbons (Fsp3) is 0.353. The van der Waals surface area contributed by atoms with E-state index in [0.717, 1.165) is 28.9 Å². The first-order valence-corrected chi connectivity index (χ1v) is 7.13. The van der Waals surface area contributed by atoms with Crippen LogP contribution in [0, 0.1) is 26.6 Å². The summed E-state index contributed by atoms with van der Waals surface area (Å²) in [6, 6.07) is 6.83. The topological polar surface area (TPSA) is 34.2 Å². The summed E-state index contributed by atoms with van der Waals surface area (Å²) in [7, 11) is 0. The third kappa shape index (κ3) is 3.79. The smallest absolute Gasteiger partial charge is 0.224 e. The van der Waals surface area contributed by atoms with Gasteiger partial charge in [0.05, 0.1) is 0 Å². The minimum atomic E-state index is -0.379. The van der Waals surface area contributed by atoms with Crippen molar-refractivity contribution in [1.29, 1.82) is 0 Å². The van der Waals surface area contributed by atoms with Crippen molar-refractivity contribution in [1.82, 2.24) is 10.3 Å². The molecule has 0 saturated carbocycles. The largest absolute Gasteiger partial charge is 0.436 e. The summed E-state index contributed by atoms with van der Waals surface area (Å²) < 4.78 is 19.6. The van der Waals surface area contributed by atoms with Crippen molar-refractivity contribution in [3.05, 3.63) is 52.5 Å². The van der Waals surface area contributed by atoms with Crippen LogP contribution in [0.15, 0.2) is 24.3 Å². The highest BCUT2D eigenvalue weighted by Gasteiger charge is 2.13. The predicted octanol–water partition coefficient (Wildman–Crippen LogP) is 4.05. The van der Waals surface area contributed by atoms with E-state index in [1.54, 1.807) is 12.1 Å². The molecule has 0 unspecified atom stereocenters. The molecular formula is C17H21FN2O. The van der Waals surface area contributed by atoms with Gasteiger partial charge in [-0.15, -0.1) is 0 Å². The number of halogens is 1. The highest BCUT2D eigenvalue weighted by molar-refractivity contribution is 5.40. The van der Waals surface area contributed by atoms with E-state index in [1.165, 1.54) is 6.07 Å². The summed E-state index contributed by atoms with van der Waals surface area (Å²) >= 11 is 0. The Morgan fingerprint density at radius 1 is 1.19 bits per heavy atom. The van der Waals surface area contributed by atoms with Crippen LogP contribution in [-0.2, 0) is 6.54 Å². The van der Waals surface area contributed by atoms with E-state index >= 15 is 0 Å². The third-order valence-corrected chi connectivity index (χ3v) is 3.28. The van der Waals surface area contributed by atoms with Gasteiger partial charge in [-0.25, -0.2) is 9.37 Å². The molecule has 0 saturated heterocycles. The average molecular weight is 288 g/mol. The van der Waals surface area contributed by atoms with Crippen LogP contribution in [0.2, 0.25) is 0 Å². The molecule has 4 heteroatoms. The second-order valence-electron chi connectivity index (χ2n) is 5.18. The highest BCUT2D eigenvalue weighted by Crippen LogP contribution is 2.28. The van der Waals surface area contributed by atoms with Crippen molar-refractivity contribution in [3.63, 3.8) is 0 Å². The Labute approximate surface area is 125 Å². The molecule has 0 atom stereocenters. The Morgan fingerprint density at radius 2 is 1.95 bits per heavy atom. The molecule has 21 heavy (non-hydrogen) atoms. The molecule has 3 nitrogen and oxygen atoms in total. The Bertz CT molecular complexity index is 641. The van der Waals surface area contributed by atoms with E-state index in [1.807, 2.05) is 33.8 Å². The van der Waals surface area contributed by atoms with E-state index in [9.17, 15) is 4.39 Å². The second-order valence-corrected chi connectivity index (χ2v) is 5.18. The minimum Gasteiger partial charge on any atom is -0.436 e. The number of nitrogens with zero attached hydrogens (tertiary/aromatic N) is 1. The maximum atomic E-state index is 13.9. The number of hydrogen-bond acceptors (Lipinski definition) is 3. The molecule has 0 radical (unpaired) electrons. The van der Waals surface area contributed by atoms with Crippen LogP contribution in [0.25, 0.3) is 0 Å². The fourth-order valence-corrected chi connectivity index (χ4v) is 2.17. The lowest BCUT2D eigenvalue weighted by Crippen LogP contribution is -2.14. The number of nitrogens with one attached hydrogen (secondary N) is 1. The fourth-order valence-electron chi connectivity index (χ4n) is 2.17. The summed E-state index contributed by atoms with van der Waals surface area (Å²) in [5, 5.41) is 3.26. The van der Waals surface area contributed by atoms with Gasteiger partial charge in [-0.05, 0) is 56.6 Å². The van der Waals surface area contributed by atoms with Crippen LogP contribution in [0.3, 0.4) is 0 Å². The highest BCUT2D eigenvalue weighted by atomic mass is 19.1. The lowest BCUT2D eigenvalue weighted by Gasteiger charge is -2.14. The monoisotopic (exact) mass is 288 g/mol. The molecule has 0 amide bonds. The quantitative estimate of drug-likeness (QED) is 0.901. The molecule has 0 aliphatic heterocycles. The van der Waals surface area contributed by atoms with Gasteiger partial charge in [0.2, 0.25) is 5.88 Å². The first-order valence-electron chi connectivity index (χ1n) is 7.13. The van der Waals surface area contributed by atoms with Gasteiger partial charge in [-0.1, -0.05) is 13.0 Å². The van der Waals surface area contributed by atoms with E-state index in [-0.39, 0.29) is 11.6 Å². The van der Waals surface area contributed by atoms with Crippen molar-refractivity contribution in [2.24, 2.45) is 0 Å². The standard InChI is InChI=1S/C17H21FN2O/c1-5-19-10-14-12(3)9-13(4)20-17(14)21-16-8-11(2)6-7-15(16)18/h6-9,19H,5,10H2,1-4H3. The minimum absolute atomic E-state index is 0.213. The summed E-state index contributed by atoms with van der Waals surface area (Å²) in [6.45, 7) is 9.37. The Kier molecular flexibility index (Phi) is 4.91. The van der Waals surface area contributed by atoms with Gasteiger partial charge in [0, 0.05) is 17.8 Å². The van der Waals surface area contributed by atoms with Crippen LogP contribution in [0.4, 0.5) is 4.39 Å². The first-order chi connectivity index (χ1) is 10.0. The van der Waals surface area contributed by atoms with Crippen molar-refractivity contribution in [2.75, 3.05) is 6.54 Å². The Hall–Kier alpha value is -1.94. The third-order valence-electron chi connectivity index (χ3n) is 3.28. The van der Waals surface area contributed by atoms with Gasteiger partial charge in [-0.2, -0.15) is 0 Å². The molecule has 112 valence electrons. The van der Waals surface area contributed by atoms with Gasteiger partial charge in [0.1, 0.15) is 0 Å². The molecule has 1 heterocycles. The first kappa shape index (κ1) is 15.4. The average Bonchev–Trinajstić information content (AvgIpc) is 2.42. The van der Waals surface area contributed by atoms with Gasteiger partial charge in [0.25, 0.3) is 0 Å². The summed E-state index contributed by atoms with van der Waals surface area (Å²) in [5.41, 5.74) is 3.86. The molecule has 0 bridgehead atoms. The van der Waals surface area contributed by atoms with Crippen LogP contribution in [0.5, 0.6) is 11.6 Å². The molecule has 1 aromatic carbocycles. The van der Waals surface area contributed by atoms with Crippen LogP contribution >= 0.6 is 0 Å².